The number of carbonyl (C=O) groups excluding carboxylic acids is 1. The second-order valence-electron chi connectivity index (χ2n) is 3.87. The Hall–Kier alpha value is -0.770. The smallest absolute Gasteiger partial charge is 0.315 e. The molecule has 1 aliphatic rings. The first kappa shape index (κ1) is 10.3. The third kappa shape index (κ3) is 3.22. The Balaban J connectivity index is 2.26. The summed E-state index contributed by atoms with van der Waals surface area (Å²) in [6.45, 7) is 6.71. The fourth-order valence-electron chi connectivity index (χ4n) is 1.48. The Morgan fingerprint density at radius 1 is 1.62 bits per heavy atom. The lowest BCUT2D eigenvalue weighted by molar-refractivity contribution is 0.229. The molecule has 0 saturated carbocycles. The number of carbonyl (C=O) groups is 1. The van der Waals surface area contributed by atoms with E-state index in [1.807, 2.05) is 6.92 Å². The van der Waals surface area contributed by atoms with Gasteiger partial charge in [-0.2, -0.15) is 0 Å². The maximum absolute atomic E-state index is 11.3. The maximum Gasteiger partial charge on any atom is 0.315 e. The number of hydrogen-bond donors (Lipinski definition) is 3. The van der Waals surface area contributed by atoms with Crippen molar-refractivity contribution in [3.05, 3.63) is 0 Å². The van der Waals surface area contributed by atoms with Crippen molar-refractivity contribution in [1.29, 1.82) is 0 Å². The zero-order valence-corrected chi connectivity index (χ0v) is 8.44. The van der Waals surface area contributed by atoms with Crippen LogP contribution in [0.25, 0.3) is 0 Å². The Kier molecular flexibility index (Phi) is 3.54. The van der Waals surface area contributed by atoms with E-state index in [1.54, 1.807) is 0 Å². The van der Waals surface area contributed by atoms with E-state index in [1.165, 1.54) is 0 Å². The van der Waals surface area contributed by atoms with Gasteiger partial charge in [-0.25, -0.2) is 4.79 Å². The van der Waals surface area contributed by atoms with Crippen LogP contribution >= 0.6 is 0 Å². The molecule has 1 heterocycles. The minimum absolute atomic E-state index is 0.0481. The molecule has 1 saturated heterocycles. The van der Waals surface area contributed by atoms with Gasteiger partial charge in [-0.05, 0) is 26.3 Å². The first-order chi connectivity index (χ1) is 6.16. The van der Waals surface area contributed by atoms with Gasteiger partial charge in [0, 0.05) is 13.1 Å². The standard InChI is InChI=1S/C9H19N3O/c1-3-5-11-8(13)12-9(2)4-6-10-7-9/h10H,3-7H2,1-2H3,(H2,11,12,13). The van der Waals surface area contributed by atoms with Crippen LogP contribution in [0.3, 0.4) is 0 Å². The fraction of sp³-hybridized carbons (Fsp3) is 0.889. The summed E-state index contributed by atoms with van der Waals surface area (Å²) in [7, 11) is 0. The predicted octanol–water partition coefficient (Wildman–Crippen LogP) is 0.448. The third-order valence-corrected chi connectivity index (χ3v) is 2.32. The van der Waals surface area contributed by atoms with Crippen molar-refractivity contribution in [2.24, 2.45) is 0 Å². The molecule has 0 aromatic rings. The summed E-state index contributed by atoms with van der Waals surface area (Å²) in [6, 6.07) is -0.0481. The summed E-state index contributed by atoms with van der Waals surface area (Å²) in [4.78, 5) is 11.3. The lowest BCUT2D eigenvalue weighted by Crippen LogP contribution is -2.51. The van der Waals surface area contributed by atoms with Crippen LogP contribution in [0.2, 0.25) is 0 Å². The fourth-order valence-corrected chi connectivity index (χ4v) is 1.48. The van der Waals surface area contributed by atoms with Crippen LogP contribution in [0.15, 0.2) is 0 Å². The lowest BCUT2D eigenvalue weighted by atomic mass is 10.0. The summed E-state index contributed by atoms with van der Waals surface area (Å²) in [5.74, 6) is 0. The molecular weight excluding hydrogens is 166 g/mol. The van der Waals surface area contributed by atoms with E-state index in [4.69, 9.17) is 0 Å². The predicted molar refractivity (Wildman–Crippen MR) is 52.7 cm³/mol. The molecule has 3 N–H and O–H groups in total. The average Bonchev–Trinajstić information content (AvgIpc) is 2.48. The molecule has 13 heavy (non-hydrogen) atoms. The SMILES string of the molecule is CCCNC(=O)NC1(C)CCNC1. The molecule has 0 aromatic heterocycles. The molecule has 0 bridgehead atoms. The molecule has 1 atom stereocenters. The number of urea groups is 1. The molecule has 1 unspecified atom stereocenters. The minimum atomic E-state index is -0.0577. The van der Waals surface area contributed by atoms with Crippen LogP contribution in [0, 0.1) is 0 Å². The average molecular weight is 185 g/mol. The van der Waals surface area contributed by atoms with E-state index in [0.717, 1.165) is 32.5 Å². The summed E-state index contributed by atoms with van der Waals surface area (Å²) in [5.41, 5.74) is -0.0577. The second kappa shape index (κ2) is 4.46. The van der Waals surface area contributed by atoms with Gasteiger partial charge in [0.25, 0.3) is 0 Å². The van der Waals surface area contributed by atoms with Crippen molar-refractivity contribution >= 4 is 6.03 Å². The molecule has 0 radical (unpaired) electrons. The number of nitrogens with one attached hydrogen (secondary N) is 3. The number of rotatable bonds is 3. The van der Waals surface area contributed by atoms with Crippen LogP contribution in [-0.2, 0) is 0 Å². The molecule has 76 valence electrons. The van der Waals surface area contributed by atoms with Crippen molar-refractivity contribution in [2.45, 2.75) is 32.2 Å². The molecule has 1 rings (SSSR count). The van der Waals surface area contributed by atoms with E-state index >= 15 is 0 Å². The van der Waals surface area contributed by atoms with Crippen LogP contribution in [-0.4, -0.2) is 31.2 Å². The highest BCUT2D eigenvalue weighted by Crippen LogP contribution is 2.12. The van der Waals surface area contributed by atoms with Crippen LogP contribution in [0.5, 0.6) is 0 Å². The van der Waals surface area contributed by atoms with Crippen LogP contribution < -0.4 is 16.0 Å². The van der Waals surface area contributed by atoms with Gasteiger partial charge < -0.3 is 16.0 Å². The highest BCUT2D eigenvalue weighted by atomic mass is 16.2. The van der Waals surface area contributed by atoms with Gasteiger partial charge in [0.2, 0.25) is 0 Å². The van der Waals surface area contributed by atoms with E-state index in [2.05, 4.69) is 22.9 Å². The molecule has 0 aromatic carbocycles. The zero-order valence-electron chi connectivity index (χ0n) is 8.44. The monoisotopic (exact) mass is 185 g/mol. The highest BCUT2D eigenvalue weighted by molar-refractivity contribution is 5.74. The normalized spacial score (nSPS) is 27.2. The second-order valence-corrected chi connectivity index (χ2v) is 3.87. The van der Waals surface area contributed by atoms with E-state index < -0.39 is 0 Å². The summed E-state index contributed by atoms with van der Waals surface area (Å²) >= 11 is 0. The quantitative estimate of drug-likeness (QED) is 0.598. The number of hydrogen-bond acceptors (Lipinski definition) is 2. The topological polar surface area (TPSA) is 53.2 Å². The molecule has 0 aliphatic carbocycles. The van der Waals surface area contributed by atoms with Crippen molar-refractivity contribution in [1.82, 2.24) is 16.0 Å². The maximum atomic E-state index is 11.3. The third-order valence-electron chi connectivity index (χ3n) is 2.32. The first-order valence-corrected chi connectivity index (χ1v) is 4.93. The molecular formula is C9H19N3O. The zero-order chi connectivity index (χ0) is 9.73. The van der Waals surface area contributed by atoms with Gasteiger partial charge in [-0.15, -0.1) is 0 Å². The molecule has 4 nitrogen and oxygen atoms in total. The van der Waals surface area contributed by atoms with E-state index in [-0.39, 0.29) is 11.6 Å². The van der Waals surface area contributed by atoms with E-state index in [9.17, 15) is 4.79 Å². The molecule has 0 spiro atoms. The largest absolute Gasteiger partial charge is 0.338 e. The minimum Gasteiger partial charge on any atom is -0.338 e. The van der Waals surface area contributed by atoms with Gasteiger partial charge in [-0.1, -0.05) is 6.92 Å². The summed E-state index contributed by atoms with van der Waals surface area (Å²) in [5, 5.41) is 9.02. The Morgan fingerprint density at radius 2 is 2.38 bits per heavy atom. The van der Waals surface area contributed by atoms with Crippen molar-refractivity contribution in [3.63, 3.8) is 0 Å². The van der Waals surface area contributed by atoms with Crippen molar-refractivity contribution < 1.29 is 4.79 Å². The van der Waals surface area contributed by atoms with Gasteiger partial charge in [0.15, 0.2) is 0 Å². The number of amides is 2. The molecule has 1 fully saturated rings. The van der Waals surface area contributed by atoms with E-state index in [0.29, 0.717) is 0 Å². The molecule has 2 amide bonds. The van der Waals surface area contributed by atoms with Crippen LogP contribution in [0.1, 0.15) is 26.7 Å². The van der Waals surface area contributed by atoms with Gasteiger partial charge in [0.1, 0.15) is 0 Å². The Labute approximate surface area is 79.5 Å². The Bertz CT molecular complexity index is 176. The molecule has 1 aliphatic heterocycles. The Morgan fingerprint density at radius 3 is 2.92 bits per heavy atom. The van der Waals surface area contributed by atoms with Gasteiger partial charge >= 0.3 is 6.03 Å². The highest BCUT2D eigenvalue weighted by Gasteiger charge is 2.29. The summed E-state index contributed by atoms with van der Waals surface area (Å²) in [6.07, 6.45) is 1.98. The van der Waals surface area contributed by atoms with Crippen LogP contribution in [0.4, 0.5) is 4.79 Å². The first-order valence-electron chi connectivity index (χ1n) is 4.93. The van der Waals surface area contributed by atoms with Gasteiger partial charge in [0.05, 0.1) is 5.54 Å². The lowest BCUT2D eigenvalue weighted by Gasteiger charge is -2.24. The summed E-state index contributed by atoms with van der Waals surface area (Å²) < 4.78 is 0. The van der Waals surface area contributed by atoms with Crippen molar-refractivity contribution in [3.8, 4) is 0 Å². The van der Waals surface area contributed by atoms with Crippen molar-refractivity contribution in [2.75, 3.05) is 19.6 Å². The van der Waals surface area contributed by atoms with Gasteiger partial charge in [-0.3, -0.25) is 0 Å². The molecule has 4 heteroatoms.